The third-order valence-electron chi connectivity index (χ3n) is 7.15. The van der Waals surface area contributed by atoms with E-state index in [1.807, 2.05) is 15.9 Å². The second-order valence-corrected chi connectivity index (χ2v) is 9.63. The smallest absolute Gasteiger partial charge is 0.219 e. The van der Waals surface area contributed by atoms with E-state index in [0.717, 1.165) is 19.6 Å². The Morgan fingerprint density at radius 1 is 0.903 bits per heavy atom. The lowest BCUT2D eigenvalue weighted by atomic mass is 9.90. The van der Waals surface area contributed by atoms with E-state index in [0.29, 0.717) is 70.8 Å². The molecule has 1 aromatic rings. The maximum Gasteiger partial charge on any atom is 0.219 e. The first-order chi connectivity index (χ1) is 14.8. The number of halogens is 1. The van der Waals surface area contributed by atoms with Gasteiger partial charge in [0, 0.05) is 72.4 Å². The molecule has 0 spiro atoms. The summed E-state index contributed by atoms with van der Waals surface area (Å²) in [6.45, 7) is 8.32. The van der Waals surface area contributed by atoms with E-state index < -0.39 is 11.2 Å². The van der Waals surface area contributed by atoms with Crippen LogP contribution in [0.1, 0.15) is 26.2 Å². The lowest BCUT2D eigenvalue weighted by Crippen LogP contribution is -2.54. The number of hydrogen-bond acceptors (Lipinski definition) is 6. The van der Waals surface area contributed by atoms with Crippen LogP contribution in [0.5, 0.6) is 0 Å². The molecular formula is C23H35FN4O3. The molecule has 0 aromatic heterocycles. The zero-order valence-electron chi connectivity index (χ0n) is 18.5. The highest BCUT2D eigenvalue weighted by molar-refractivity contribution is 5.73. The molecule has 3 fully saturated rings. The van der Waals surface area contributed by atoms with Gasteiger partial charge in [0.1, 0.15) is 5.82 Å². The zero-order valence-corrected chi connectivity index (χ0v) is 18.5. The van der Waals surface area contributed by atoms with Gasteiger partial charge in [-0.15, -0.1) is 0 Å². The monoisotopic (exact) mass is 434 g/mol. The fourth-order valence-corrected chi connectivity index (χ4v) is 5.29. The number of rotatable bonds is 5. The van der Waals surface area contributed by atoms with Gasteiger partial charge in [0.05, 0.1) is 16.9 Å². The second kappa shape index (κ2) is 9.02. The molecule has 4 rings (SSSR count). The number of piperazine rings is 1. The number of benzene rings is 1. The molecule has 0 aliphatic carbocycles. The summed E-state index contributed by atoms with van der Waals surface area (Å²) in [6, 6.07) is 6.79. The van der Waals surface area contributed by atoms with Crippen LogP contribution in [0, 0.1) is 5.82 Å². The molecule has 1 atom stereocenters. The highest BCUT2D eigenvalue weighted by atomic mass is 19.1. The standard InChI is InChI=1S/C23H35FN4O3/c1-19(29)27-14-12-25(13-15-27)17-23(31)6-9-26(18-23)16-22(30)7-10-28(11-8-22)21-5-3-2-4-20(21)24/h2-5,30-31H,6-18H2,1H3. The first-order valence-corrected chi connectivity index (χ1v) is 11.4. The minimum Gasteiger partial charge on any atom is -0.388 e. The number of carbonyl (C=O) groups is 1. The maximum absolute atomic E-state index is 14.1. The zero-order chi connectivity index (χ0) is 22.1. The van der Waals surface area contributed by atoms with Gasteiger partial charge in [0.25, 0.3) is 0 Å². The number of anilines is 1. The van der Waals surface area contributed by atoms with E-state index in [1.54, 1.807) is 19.1 Å². The van der Waals surface area contributed by atoms with Crippen molar-refractivity contribution < 1.29 is 19.4 Å². The molecule has 2 N–H and O–H groups in total. The molecule has 3 heterocycles. The number of carbonyl (C=O) groups excluding carboxylic acids is 1. The van der Waals surface area contributed by atoms with Gasteiger partial charge in [0.15, 0.2) is 0 Å². The van der Waals surface area contributed by atoms with Gasteiger partial charge in [-0.05, 0) is 31.4 Å². The number of nitrogens with zero attached hydrogens (tertiary/aromatic N) is 4. The third-order valence-corrected chi connectivity index (χ3v) is 7.15. The quantitative estimate of drug-likeness (QED) is 0.713. The molecule has 1 amide bonds. The van der Waals surface area contributed by atoms with Gasteiger partial charge >= 0.3 is 0 Å². The first kappa shape index (κ1) is 22.5. The highest BCUT2D eigenvalue weighted by Crippen LogP contribution is 2.31. The van der Waals surface area contributed by atoms with Crippen LogP contribution in [0.3, 0.4) is 0 Å². The van der Waals surface area contributed by atoms with Crippen molar-refractivity contribution >= 4 is 11.6 Å². The van der Waals surface area contributed by atoms with Crippen LogP contribution in [0.2, 0.25) is 0 Å². The normalized spacial score (nSPS) is 27.6. The summed E-state index contributed by atoms with van der Waals surface area (Å²) in [4.78, 5) is 19.8. The Bertz CT molecular complexity index is 778. The van der Waals surface area contributed by atoms with Crippen molar-refractivity contribution in [1.82, 2.24) is 14.7 Å². The van der Waals surface area contributed by atoms with Crippen LogP contribution in [-0.2, 0) is 4.79 Å². The van der Waals surface area contributed by atoms with Gasteiger partial charge in [0.2, 0.25) is 5.91 Å². The van der Waals surface area contributed by atoms with Gasteiger partial charge in [-0.1, -0.05) is 12.1 Å². The van der Waals surface area contributed by atoms with E-state index >= 15 is 0 Å². The van der Waals surface area contributed by atoms with Crippen LogP contribution >= 0.6 is 0 Å². The molecule has 31 heavy (non-hydrogen) atoms. The molecule has 3 saturated heterocycles. The SMILES string of the molecule is CC(=O)N1CCN(CC2(O)CCN(CC3(O)CCN(c4ccccc4F)CC3)C2)CC1. The minimum absolute atomic E-state index is 0.111. The summed E-state index contributed by atoms with van der Waals surface area (Å²) >= 11 is 0. The minimum atomic E-state index is -0.805. The lowest BCUT2D eigenvalue weighted by molar-refractivity contribution is -0.130. The Labute approximate surface area is 184 Å². The average Bonchev–Trinajstić information content (AvgIpc) is 3.09. The Morgan fingerprint density at radius 3 is 2.16 bits per heavy atom. The van der Waals surface area contributed by atoms with Crippen LogP contribution < -0.4 is 4.90 Å². The van der Waals surface area contributed by atoms with E-state index in [1.165, 1.54) is 6.07 Å². The predicted molar refractivity (Wildman–Crippen MR) is 117 cm³/mol. The summed E-state index contributed by atoms with van der Waals surface area (Å²) in [5.74, 6) is -0.110. The molecule has 8 heteroatoms. The third kappa shape index (κ3) is 5.37. The van der Waals surface area contributed by atoms with E-state index in [-0.39, 0.29) is 11.7 Å². The summed E-state index contributed by atoms with van der Waals surface area (Å²) in [5.41, 5.74) is -0.979. The molecular weight excluding hydrogens is 399 g/mol. The van der Waals surface area contributed by atoms with Crippen LogP contribution in [0.4, 0.5) is 10.1 Å². The number of amides is 1. The van der Waals surface area contributed by atoms with Crippen LogP contribution in [-0.4, -0.2) is 107 Å². The first-order valence-electron chi connectivity index (χ1n) is 11.4. The molecule has 172 valence electrons. The van der Waals surface area contributed by atoms with Crippen molar-refractivity contribution in [3.63, 3.8) is 0 Å². The van der Waals surface area contributed by atoms with Crippen molar-refractivity contribution in [2.45, 2.75) is 37.4 Å². The number of β-amino-alcohol motifs (C(OH)–C–C–N with tert-alkyl or cyclic N) is 2. The molecule has 1 unspecified atom stereocenters. The molecule has 0 bridgehead atoms. The van der Waals surface area contributed by atoms with Gasteiger partial charge in [-0.3, -0.25) is 14.6 Å². The van der Waals surface area contributed by atoms with Crippen molar-refractivity contribution in [1.29, 1.82) is 0 Å². The van der Waals surface area contributed by atoms with Gasteiger partial charge in [-0.2, -0.15) is 0 Å². The fraction of sp³-hybridized carbons (Fsp3) is 0.696. The summed E-state index contributed by atoms with van der Waals surface area (Å²) in [7, 11) is 0. The topological polar surface area (TPSA) is 70.5 Å². The largest absolute Gasteiger partial charge is 0.388 e. The molecule has 1 aromatic carbocycles. The number of likely N-dealkylation sites (tertiary alicyclic amines) is 1. The molecule has 0 radical (unpaired) electrons. The summed E-state index contributed by atoms with van der Waals surface area (Å²) in [5, 5.41) is 22.3. The predicted octanol–water partition coefficient (Wildman–Crippen LogP) is 0.758. The Balaban J connectivity index is 1.25. The van der Waals surface area contributed by atoms with Crippen molar-refractivity contribution in [3.05, 3.63) is 30.1 Å². The Hall–Kier alpha value is -1.74. The van der Waals surface area contributed by atoms with Crippen molar-refractivity contribution in [2.75, 3.05) is 70.3 Å². The number of hydrogen-bond donors (Lipinski definition) is 2. The highest BCUT2D eigenvalue weighted by Gasteiger charge is 2.42. The summed E-state index contributed by atoms with van der Waals surface area (Å²) in [6.07, 6.45) is 1.86. The Morgan fingerprint density at radius 2 is 1.52 bits per heavy atom. The van der Waals surface area contributed by atoms with Crippen molar-refractivity contribution in [3.8, 4) is 0 Å². The molecule has 3 aliphatic heterocycles. The number of para-hydroxylation sites is 1. The van der Waals surface area contributed by atoms with Gasteiger partial charge < -0.3 is 20.0 Å². The second-order valence-electron chi connectivity index (χ2n) is 9.63. The summed E-state index contributed by atoms with van der Waals surface area (Å²) < 4.78 is 14.1. The van der Waals surface area contributed by atoms with E-state index in [4.69, 9.17) is 0 Å². The molecule has 3 aliphatic rings. The van der Waals surface area contributed by atoms with Crippen LogP contribution in [0.15, 0.2) is 24.3 Å². The Kier molecular flexibility index (Phi) is 6.53. The van der Waals surface area contributed by atoms with Crippen molar-refractivity contribution in [2.24, 2.45) is 0 Å². The number of aliphatic hydroxyl groups is 2. The fourth-order valence-electron chi connectivity index (χ4n) is 5.29. The average molecular weight is 435 g/mol. The molecule has 0 saturated carbocycles. The lowest BCUT2D eigenvalue weighted by Gasteiger charge is -2.41. The maximum atomic E-state index is 14.1. The van der Waals surface area contributed by atoms with E-state index in [2.05, 4.69) is 9.80 Å². The molecule has 7 nitrogen and oxygen atoms in total. The van der Waals surface area contributed by atoms with Crippen LogP contribution in [0.25, 0.3) is 0 Å². The number of piperidine rings is 1. The van der Waals surface area contributed by atoms with Gasteiger partial charge in [-0.25, -0.2) is 4.39 Å². The van der Waals surface area contributed by atoms with E-state index in [9.17, 15) is 19.4 Å².